The van der Waals surface area contributed by atoms with E-state index in [0.717, 1.165) is 49.6 Å². The summed E-state index contributed by atoms with van der Waals surface area (Å²) >= 11 is 6.09. The molecule has 8 heteroatoms. The van der Waals surface area contributed by atoms with Crippen LogP contribution in [0, 0.1) is 19.8 Å². The monoisotopic (exact) mass is 523 g/mol. The number of rotatable bonds is 9. The van der Waals surface area contributed by atoms with Gasteiger partial charge in [-0.05, 0) is 81.5 Å². The second-order valence-electron chi connectivity index (χ2n) is 9.85. The Morgan fingerprint density at radius 1 is 1.22 bits per heavy atom. The minimum Gasteiger partial charge on any atom is -0.363 e. The Morgan fingerprint density at radius 2 is 1.95 bits per heavy atom. The molecule has 3 heterocycles. The van der Waals surface area contributed by atoms with Gasteiger partial charge >= 0.3 is 0 Å². The highest BCUT2D eigenvalue weighted by Gasteiger charge is 2.27. The molecule has 0 unspecified atom stereocenters. The van der Waals surface area contributed by atoms with Crippen molar-refractivity contribution in [3.05, 3.63) is 88.2 Å². The Bertz CT molecular complexity index is 1160. The van der Waals surface area contributed by atoms with Crippen LogP contribution in [0.25, 0.3) is 0 Å². The van der Waals surface area contributed by atoms with Crippen LogP contribution in [-0.2, 0) is 6.54 Å². The summed E-state index contributed by atoms with van der Waals surface area (Å²) in [4.78, 5) is 25.8. The number of pyridine rings is 2. The van der Waals surface area contributed by atoms with E-state index in [2.05, 4.69) is 50.2 Å². The minimum absolute atomic E-state index is 0.192. The van der Waals surface area contributed by atoms with Gasteiger partial charge in [-0.15, -0.1) is 0 Å². The third-order valence-corrected chi connectivity index (χ3v) is 7.50. The van der Waals surface area contributed by atoms with Crippen LogP contribution in [-0.4, -0.2) is 52.5 Å². The van der Waals surface area contributed by atoms with E-state index in [1.54, 1.807) is 13.8 Å². The van der Waals surface area contributed by atoms with Crippen LogP contribution in [0.5, 0.6) is 0 Å². The Morgan fingerprint density at radius 3 is 2.59 bits per heavy atom. The predicted molar refractivity (Wildman–Crippen MR) is 147 cm³/mol. The molecule has 1 atom stereocenters. The molecule has 1 amide bonds. The number of likely N-dealkylation sites (tertiary alicyclic amines) is 1. The van der Waals surface area contributed by atoms with E-state index >= 15 is 0 Å². The summed E-state index contributed by atoms with van der Waals surface area (Å²) < 4.78 is 13.5. The van der Waals surface area contributed by atoms with Crippen molar-refractivity contribution in [3.8, 4) is 0 Å². The lowest BCUT2D eigenvalue weighted by Gasteiger charge is -2.41. The first-order valence-corrected chi connectivity index (χ1v) is 13.3. The highest BCUT2D eigenvalue weighted by molar-refractivity contribution is 6.30. The van der Waals surface area contributed by atoms with Crippen LogP contribution in [0.2, 0.25) is 5.02 Å². The number of carbonyl (C=O) groups excluding carboxylic acids is 1. The van der Waals surface area contributed by atoms with Crippen molar-refractivity contribution in [2.75, 3.05) is 24.5 Å². The maximum atomic E-state index is 13.5. The zero-order valence-corrected chi connectivity index (χ0v) is 22.5. The molecule has 2 aromatic heterocycles. The number of carbonyl (C=O) groups is 1. The van der Waals surface area contributed by atoms with Crippen molar-refractivity contribution in [1.82, 2.24) is 20.2 Å². The molecule has 1 aromatic carbocycles. The van der Waals surface area contributed by atoms with Crippen LogP contribution < -0.4 is 10.2 Å². The van der Waals surface area contributed by atoms with Gasteiger partial charge in [-0.1, -0.05) is 23.7 Å². The summed E-state index contributed by atoms with van der Waals surface area (Å²) in [6.07, 6.45) is 6.70. The van der Waals surface area contributed by atoms with Gasteiger partial charge in [0, 0.05) is 49.5 Å². The third kappa shape index (κ3) is 7.05. The molecule has 4 rings (SSSR count). The first kappa shape index (κ1) is 27.0. The van der Waals surface area contributed by atoms with E-state index in [-0.39, 0.29) is 5.91 Å². The van der Waals surface area contributed by atoms with Crippen LogP contribution in [0.3, 0.4) is 0 Å². The molecule has 1 N–H and O–H groups in total. The van der Waals surface area contributed by atoms with Gasteiger partial charge in [0.2, 0.25) is 5.95 Å². The van der Waals surface area contributed by atoms with Gasteiger partial charge in [-0.25, -0.2) is 4.98 Å². The van der Waals surface area contributed by atoms with Gasteiger partial charge in [-0.2, -0.15) is 4.39 Å². The molecule has 1 saturated heterocycles. The first-order valence-electron chi connectivity index (χ1n) is 12.9. The molecule has 0 radical (unpaired) electrons. The van der Waals surface area contributed by atoms with Gasteiger partial charge in [-0.3, -0.25) is 9.78 Å². The minimum atomic E-state index is -0.557. The normalized spacial score (nSPS) is 15.4. The van der Waals surface area contributed by atoms with Gasteiger partial charge in [0.05, 0.1) is 23.1 Å². The summed E-state index contributed by atoms with van der Waals surface area (Å²) in [7, 11) is 0. The number of halogens is 2. The largest absolute Gasteiger partial charge is 0.363 e. The average Bonchev–Trinajstić information content (AvgIpc) is 2.88. The van der Waals surface area contributed by atoms with Gasteiger partial charge in [0.1, 0.15) is 0 Å². The molecular formula is C29H35ClFN5O. The number of aryl methyl sites for hydroxylation is 2. The Balaban J connectivity index is 1.31. The molecular weight excluding hydrogens is 489 g/mol. The van der Waals surface area contributed by atoms with Crippen molar-refractivity contribution in [2.45, 2.75) is 58.7 Å². The van der Waals surface area contributed by atoms with E-state index in [4.69, 9.17) is 11.6 Å². The zero-order chi connectivity index (χ0) is 26.4. The number of benzene rings is 1. The van der Waals surface area contributed by atoms with E-state index in [1.165, 1.54) is 11.6 Å². The second-order valence-corrected chi connectivity index (χ2v) is 10.3. The maximum Gasteiger partial charge on any atom is 0.253 e. The zero-order valence-electron chi connectivity index (χ0n) is 21.8. The first-order chi connectivity index (χ1) is 17.8. The highest BCUT2D eigenvalue weighted by Crippen LogP contribution is 2.27. The lowest BCUT2D eigenvalue weighted by Crippen LogP contribution is -2.48. The molecule has 0 bridgehead atoms. The summed E-state index contributed by atoms with van der Waals surface area (Å²) in [5.41, 5.74) is 3.84. The fraction of sp³-hybridized carbons (Fsp3) is 0.414. The maximum absolute atomic E-state index is 13.5. The molecule has 37 heavy (non-hydrogen) atoms. The van der Waals surface area contributed by atoms with E-state index in [9.17, 15) is 9.18 Å². The lowest BCUT2D eigenvalue weighted by molar-refractivity contribution is 0.0943. The smallest absolute Gasteiger partial charge is 0.253 e. The molecule has 1 fully saturated rings. The van der Waals surface area contributed by atoms with Gasteiger partial charge in [0.25, 0.3) is 5.91 Å². The fourth-order valence-corrected chi connectivity index (χ4v) is 5.30. The standard InChI is InChI=1S/C29H35ClFN5O/c1-20-17-27(31)34-22(3)28(20)29(37)33-14-10-21(2)35-15-11-25(12-16-35)36(26-5-4-13-32-18-26)19-23-6-8-24(30)9-7-23/h4-9,13,17-18,21,25H,10-12,14-16,19H2,1-3H3,(H,33,37)/t21-/m1/s1. The predicted octanol–water partition coefficient (Wildman–Crippen LogP) is 5.57. The SMILES string of the molecule is Cc1cc(F)nc(C)c1C(=O)NCC[C@@H](C)N1CCC(N(Cc2ccc(Cl)cc2)c2cccnc2)CC1. The molecule has 1 aliphatic heterocycles. The Kier molecular flexibility index (Phi) is 9.11. The lowest BCUT2D eigenvalue weighted by atomic mass is 9.99. The molecule has 0 spiro atoms. The summed E-state index contributed by atoms with van der Waals surface area (Å²) in [6, 6.07) is 14.2. The number of piperidine rings is 1. The number of nitrogens with one attached hydrogen (secondary N) is 1. The number of hydrogen-bond acceptors (Lipinski definition) is 5. The summed E-state index contributed by atoms with van der Waals surface area (Å²) in [5.74, 6) is -0.749. The van der Waals surface area contributed by atoms with Crippen molar-refractivity contribution in [2.24, 2.45) is 0 Å². The van der Waals surface area contributed by atoms with Crippen LogP contribution in [0.15, 0.2) is 54.9 Å². The second kappa shape index (κ2) is 12.5. The highest BCUT2D eigenvalue weighted by atomic mass is 35.5. The van der Waals surface area contributed by atoms with E-state index in [1.807, 2.05) is 30.6 Å². The molecule has 0 saturated carbocycles. The Hall–Kier alpha value is -3.03. The third-order valence-electron chi connectivity index (χ3n) is 7.25. The van der Waals surface area contributed by atoms with Crippen molar-refractivity contribution < 1.29 is 9.18 Å². The van der Waals surface area contributed by atoms with Gasteiger partial charge in [0.15, 0.2) is 0 Å². The van der Waals surface area contributed by atoms with Gasteiger partial charge < -0.3 is 15.1 Å². The molecule has 1 aliphatic rings. The van der Waals surface area contributed by atoms with Crippen LogP contribution >= 0.6 is 11.6 Å². The molecule has 3 aromatic rings. The van der Waals surface area contributed by atoms with E-state index in [0.29, 0.717) is 35.4 Å². The number of amides is 1. The fourth-order valence-electron chi connectivity index (χ4n) is 5.17. The summed E-state index contributed by atoms with van der Waals surface area (Å²) in [6.45, 7) is 8.99. The number of nitrogens with zero attached hydrogens (tertiary/aromatic N) is 4. The van der Waals surface area contributed by atoms with Crippen molar-refractivity contribution in [1.29, 1.82) is 0 Å². The molecule has 0 aliphatic carbocycles. The summed E-state index contributed by atoms with van der Waals surface area (Å²) in [5, 5.41) is 3.74. The molecule has 6 nitrogen and oxygen atoms in total. The van der Waals surface area contributed by atoms with Crippen LogP contribution in [0.4, 0.5) is 10.1 Å². The number of anilines is 1. The van der Waals surface area contributed by atoms with E-state index < -0.39 is 5.95 Å². The van der Waals surface area contributed by atoms with Crippen LogP contribution in [0.1, 0.15) is 53.4 Å². The average molecular weight is 524 g/mol. The number of hydrogen-bond donors (Lipinski definition) is 1. The quantitative estimate of drug-likeness (QED) is 0.372. The van der Waals surface area contributed by atoms with Crippen molar-refractivity contribution >= 4 is 23.2 Å². The van der Waals surface area contributed by atoms with Crippen molar-refractivity contribution in [3.63, 3.8) is 0 Å². The Labute approximate surface area is 223 Å². The number of aromatic nitrogens is 2. The molecule has 196 valence electrons. The topological polar surface area (TPSA) is 61.4 Å².